The molecule has 0 amide bonds. The van der Waals surface area contributed by atoms with Crippen molar-refractivity contribution in [3.63, 3.8) is 0 Å². The Bertz CT molecular complexity index is 375. The van der Waals surface area contributed by atoms with Crippen molar-refractivity contribution in [1.82, 2.24) is 0 Å². The average molecular weight is 311 g/mol. The number of hydrogen-bond acceptors (Lipinski definition) is 2. The minimum Gasteiger partial charge on any atom is -0.411 e. The molecule has 2 atom stereocenters. The summed E-state index contributed by atoms with van der Waals surface area (Å²) in [5, 5.41) is 0. The van der Waals surface area contributed by atoms with E-state index in [2.05, 4.69) is 77.4 Å². The molecule has 0 N–H and O–H groups in total. The van der Waals surface area contributed by atoms with Crippen molar-refractivity contribution < 1.29 is 8.85 Å². The van der Waals surface area contributed by atoms with Crippen LogP contribution in [0.2, 0.25) is 39.3 Å². The highest BCUT2D eigenvalue weighted by molar-refractivity contribution is 6.70. The van der Waals surface area contributed by atoms with Crippen molar-refractivity contribution in [2.75, 3.05) is 0 Å². The first-order valence-corrected chi connectivity index (χ1v) is 14.2. The van der Waals surface area contributed by atoms with Crippen LogP contribution in [-0.4, -0.2) is 16.6 Å². The van der Waals surface area contributed by atoms with E-state index in [0.29, 0.717) is 0 Å². The molecule has 0 radical (unpaired) electrons. The zero-order chi connectivity index (χ0) is 15.6. The van der Waals surface area contributed by atoms with E-state index in [4.69, 9.17) is 8.85 Å². The molecule has 0 fully saturated rings. The Kier molecular flexibility index (Phi) is 5.78. The van der Waals surface area contributed by atoms with Gasteiger partial charge < -0.3 is 8.85 Å². The van der Waals surface area contributed by atoms with E-state index in [1.54, 1.807) is 0 Å². The predicted molar refractivity (Wildman–Crippen MR) is 92.1 cm³/mol. The molecular formula is C16H30O2Si2. The van der Waals surface area contributed by atoms with Crippen LogP contribution < -0.4 is 0 Å². The fourth-order valence-corrected chi connectivity index (χ4v) is 4.63. The molecule has 1 aromatic rings. The largest absolute Gasteiger partial charge is 0.411 e. The van der Waals surface area contributed by atoms with E-state index in [0.717, 1.165) is 0 Å². The third-order valence-electron chi connectivity index (χ3n) is 2.94. The highest BCUT2D eigenvalue weighted by Gasteiger charge is 2.21. The molecule has 20 heavy (non-hydrogen) atoms. The summed E-state index contributed by atoms with van der Waals surface area (Å²) in [6, 6.07) is 8.68. The summed E-state index contributed by atoms with van der Waals surface area (Å²) in [6.07, 6.45) is 0.341. The molecule has 1 aromatic carbocycles. The maximum atomic E-state index is 6.12. The molecule has 0 saturated heterocycles. The Hall–Kier alpha value is -0.426. The first-order valence-electron chi connectivity index (χ1n) is 7.43. The van der Waals surface area contributed by atoms with Crippen LogP contribution >= 0.6 is 0 Å². The lowest BCUT2D eigenvalue weighted by molar-refractivity contribution is 0.215. The van der Waals surface area contributed by atoms with E-state index < -0.39 is 16.6 Å². The van der Waals surface area contributed by atoms with Gasteiger partial charge in [0.15, 0.2) is 16.6 Å². The zero-order valence-corrected chi connectivity index (χ0v) is 16.3. The van der Waals surface area contributed by atoms with Crippen molar-refractivity contribution in [3.8, 4) is 0 Å². The van der Waals surface area contributed by atoms with E-state index >= 15 is 0 Å². The molecular weight excluding hydrogens is 280 g/mol. The van der Waals surface area contributed by atoms with Crippen LogP contribution in [0.15, 0.2) is 24.3 Å². The Morgan fingerprint density at radius 3 is 1.10 bits per heavy atom. The Morgan fingerprint density at radius 1 is 0.650 bits per heavy atom. The van der Waals surface area contributed by atoms with Gasteiger partial charge in [0.05, 0.1) is 12.2 Å². The molecule has 0 aliphatic rings. The van der Waals surface area contributed by atoms with Gasteiger partial charge in [-0.05, 0) is 64.3 Å². The van der Waals surface area contributed by atoms with Crippen molar-refractivity contribution in [1.29, 1.82) is 0 Å². The summed E-state index contributed by atoms with van der Waals surface area (Å²) in [5.41, 5.74) is 2.49. The third-order valence-corrected chi connectivity index (χ3v) is 5.06. The first kappa shape index (κ1) is 17.6. The quantitative estimate of drug-likeness (QED) is 0.645. The Labute approximate surface area is 126 Å². The van der Waals surface area contributed by atoms with Gasteiger partial charge in [0.2, 0.25) is 0 Å². The topological polar surface area (TPSA) is 18.5 Å². The molecule has 0 bridgehead atoms. The maximum Gasteiger partial charge on any atom is 0.184 e. The number of rotatable bonds is 6. The normalized spacial score (nSPS) is 16.0. The second-order valence-corrected chi connectivity index (χ2v) is 16.3. The average Bonchev–Trinajstić information content (AvgIpc) is 2.24. The van der Waals surface area contributed by atoms with Gasteiger partial charge in [0.25, 0.3) is 0 Å². The molecule has 2 nitrogen and oxygen atoms in total. The highest BCUT2D eigenvalue weighted by Crippen LogP contribution is 2.26. The number of hydrogen-bond donors (Lipinski definition) is 0. The van der Waals surface area contributed by atoms with Crippen LogP contribution in [0.3, 0.4) is 0 Å². The third kappa shape index (κ3) is 6.35. The summed E-state index contributed by atoms with van der Waals surface area (Å²) >= 11 is 0. The lowest BCUT2D eigenvalue weighted by atomic mass is 10.1. The minimum atomic E-state index is -1.49. The predicted octanol–water partition coefficient (Wildman–Crippen LogP) is 5.51. The molecule has 0 saturated carbocycles. The molecule has 0 heterocycles. The molecule has 114 valence electrons. The van der Waals surface area contributed by atoms with Gasteiger partial charge in [-0.15, -0.1) is 0 Å². The van der Waals surface area contributed by atoms with Gasteiger partial charge >= 0.3 is 0 Å². The number of benzene rings is 1. The molecule has 1 rings (SSSR count). The lowest BCUT2D eigenvalue weighted by Crippen LogP contribution is -2.27. The molecule has 0 spiro atoms. The highest BCUT2D eigenvalue weighted by atomic mass is 28.4. The molecule has 0 aliphatic carbocycles. The van der Waals surface area contributed by atoms with Gasteiger partial charge in [-0.1, -0.05) is 24.3 Å². The van der Waals surface area contributed by atoms with Crippen LogP contribution in [-0.2, 0) is 8.85 Å². The summed E-state index contributed by atoms with van der Waals surface area (Å²) < 4.78 is 12.2. The van der Waals surface area contributed by atoms with Gasteiger partial charge in [0, 0.05) is 0 Å². The maximum absolute atomic E-state index is 6.12. The van der Waals surface area contributed by atoms with E-state index in [1.165, 1.54) is 11.1 Å². The van der Waals surface area contributed by atoms with Crippen molar-refractivity contribution >= 4 is 16.6 Å². The molecule has 4 heteroatoms. The first-order chi connectivity index (χ1) is 8.98. The Balaban J connectivity index is 2.73. The van der Waals surface area contributed by atoms with Crippen LogP contribution in [0.1, 0.15) is 37.2 Å². The van der Waals surface area contributed by atoms with Crippen LogP contribution in [0.25, 0.3) is 0 Å². The SMILES string of the molecule is CC(O[Si](C)(C)C)c1ccc(C(C)O[Si](C)(C)C)cc1. The van der Waals surface area contributed by atoms with Crippen molar-refractivity contribution in [2.24, 2.45) is 0 Å². The molecule has 0 aliphatic heterocycles. The monoisotopic (exact) mass is 310 g/mol. The fraction of sp³-hybridized carbons (Fsp3) is 0.625. The van der Waals surface area contributed by atoms with E-state index in [-0.39, 0.29) is 12.2 Å². The second kappa shape index (κ2) is 6.56. The van der Waals surface area contributed by atoms with Crippen LogP contribution in [0.5, 0.6) is 0 Å². The molecule has 0 aromatic heterocycles. The van der Waals surface area contributed by atoms with Crippen molar-refractivity contribution in [3.05, 3.63) is 35.4 Å². The van der Waals surface area contributed by atoms with E-state index in [9.17, 15) is 0 Å². The lowest BCUT2D eigenvalue weighted by Gasteiger charge is -2.25. The minimum absolute atomic E-state index is 0.170. The fourth-order valence-electron chi connectivity index (χ4n) is 2.23. The van der Waals surface area contributed by atoms with Gasteiger partial charge in [-0.25, -0.2) is 0 Å². The van der Waals surface area contributed by atoms with Crippen LogP contribution in [0, 0.1) is 0 Å². The smallest absolute Gasteiger partial charge is 0.184 e. The summed E-state index contributed by atoms with van der Waals surface area (Å²) in [6.45, 7) is 17.6. The summed E-state index contributed by atoms with van der Waals surface area (Å²) in [7, 11) is -2.98. The second-order valence-electron chi connectivity index (χ2n) is 7.41. The zero-order valence-electron chi connectivity index (χ0n) is 14.3. The van der Waals surface area contributed by atoms with Crippen molar-refractivity contribution in [2.45, 2.75) is 65.3 Å². The Morgan fingerprint density at radius 2 is 0.900 bits per heavy atom. The van der Waals surface area contributed by atoms with Crippen LogP contribution in [0.4, 0.5) is 0 Å². The van der Waals surface area contributed by atoms with Gasteiger partial charge in [-0.2, -0.15) is 0 Å². The summed E-state index contributed by atoms with van der Waals surface area (Å²) in [4.78, 5) is 0. The van der Waals surface area contributed by atoms with Gasteiger partial charge in [0.1, 0.15) is 0 Å². The standard InChI is InChI=1S/C16H30O2Si2/c1-13(17-19(3,4)5)15-9-11-16(12-10-15)14(2)18-20(6,7)8/h9-14H,1-8H3. The summed E-state index contributed by atoms with van der Waals surface area (Å²) in [5.74, 6) is 0. The van der Waals surface area contributed by atoms with Gasteiger partial charge in [-0.3, -0.25) is 0 Å². The van der Waals surface area contributed by atoms with E-state index in [1.807, 2.05) is 0 Å². The molecule has 2 unspecified atom stereocenters.